The van der Waals surface area contributed by atoms with Gasteiger partial charge in [0, 0.05) is 30.5 Å². The molecule has 0 unspecified atom stereocenters. The minimum atomic E-state index is -0.0351. The molecule has 1 N–H and O–H groups in total. The molecule has 3 rings (SSSR count). The van der Waals surface area contributed by atoms with Gasteiger partial charge in [-0.2, -0.15) is 0 Å². The van der Waals surface area contributed by atoms with Crippen LogP contribution in [0, 0.1) is 0 Å². The van der Waals surface area contributed by atoms with Gasteiger partial charge < -0.3 is 15.0 Å². The average Bonchev–Trinajstić information content (AvgIpc) is 2.50. The van der Waals surface area contributed by atoms with Crippen LogP contribution in [0.5, 0.6) is 5.75 Å². The lowest BCUT2D eigenvalue weighted by Gasteiger charge is -2.39. The number of carbonyl (C=O) groups excluding carboxylic acids is 1. The molecule has 1 aromatic heterocycles. The first-order valence-electron chi connectivity index (χ1n) is 6.89. The summed E-state index contributed by atoms with van der Waals surface area (Å²) in [6, 6.07) is 7.14. The molecule has 1 amide bonds. The number of benzene rings is 1. The van der Waals surface area contributed by atoms with Crippen LogP contribution in [0.4, 0.5) is 5.82 Å². The number of nitrogens with zero attached hydrogens (tertiary/aromatic N) is 3. The highest BCUT2D eigenvalue weighted by molar-refractivity contribution is 6.30. The highest BCUT2D eigenvalue weighted by atomic mass is 35.5. The zero-order valence-corrected chi connectivity index (χ0v) is 12.5. The van der Waals surface area contributed by atoms with E-state index in [4.69, 9.17) is 16.3 Å². The first kappa shape index (κ1) is 14.6. The molecule has 0 bridgehead atoms. The molecule has 1 aromatic carbocycles. The summed E-state index contributed by atoms with van der Waals surface area (Å²) in [6.45, 7) is 1.30. The van der Waals surface area contributed by atoms with Crippen LogP contribution in [0.1, 0.15) is 0 Å². The Balaban J connectivity index is 1.41. The maximum atomic E-state index is 12.0. The van der Waals surface area contributed by atoms with Gasteiger partial charge in [0.25, 0.3) is 5.91 Å². The number of carbonyl (C=O) groups is 1. The zero-order valence-electron chi connectivity index (χ0n) is 11.8. The smallest absolute Gasteiger partial charge is 0.260 e. The third kappa shape index (κ3) is 3.65. The van der Waals surface area contributed by atoms with E-state index in [2.05, 4.69) is 15.3 Å². The zero-order chi connectivity index (χ0) is 15.4. The fourth-order valence-electron chi connectivity index (χ4n) is 2.12. The molecular formula is C15H15ClN4O2. The maximum absolute atomic E-state index is 12.0. The molecule has 0 spiro atoms. The van der Waals surface area contributed by atoms with Gasteiger partial charge in [0.1, 0.15) is 11.6 Å². The SMILES string of the molecule is O=C(COc1ccc(Cl)cc1)N1CC(Nc2cnccn2)C1. The molecule has 7 heteroatoms. The topological polar surface area (TPSA) is 67.3 Å². The Hall–Kier alpha value is -2.34. The van der Waals surface area contributed by atoms with Crippen molar-refractivity contribution in [1.82, 2.24) is 14.9 Å². The monoisotopic (exact) mass is 318 g/mol. The molecule has 1 aliphatic heterocycles. The van der Waals surface area contributed by atoms with E-state index >= 15 is 0 Å². The number of hydrogen-bond acceptors (Lipinski definition) is 5. The van der Waals surface area contributed by atoms with Crippen molar-refractivity contribution in [2.75, 3.05) is 25.0 Å². The largest absolute Gasteiger partial charge is 0.484 e. The van der Waals surface area contributed by atoms with E-state index in [1.54, 1.807) is 47.8 Å². The molecule has 6 nitrogen and oxygen atoms in total. The molecule has 114 valence electrons. The molecule has 1 saturated heterocycles. The van der Waals surface area contributed by atoms with Gasteiger partial charge in [0.2, 0.25) is 0 Å². The van der Waals surface area contributed by atoms with Crippen molar-refractivity contribution in [2.45, 2.75) is 6.04 Å². The standard InChI is InChI=1S/C15H15ClN4O2/c16-11-1-3-13(4-2-11)22-10-15(21)20-8-12(9-20)19-14-7-17-5-6-18-14/h1-7,12H,8-10H2,(H,18,19). The van der Waals surface area contributed by atoms with Gasteiger partial charge in [0.15, 0.2) is 6.61 Å². The fraction of sp³-hybridized carbons (Fsp3) is 0.267. The van der Waals surface area contributed by atoms with E-state index in [1.807, 2.05) is 0 Å². The molecule has 22 heavy (non-hydrogen) atoms. The van der Waals surface area contributed by atoms with Crippen LogP contribution in [0.3, 0.4) is 0 Å². The van der Waals surface area contributed by atoms with Crippen molar-refractivity contribution in [3.63, 3.8) is 0 Å². The Morgan fingerprint density at radius 3 is 2.77 bits per heavy atom. The number of rotatable bonds is 5. The van der Waals surface area contributed by atoms with Crippen molar-refractivity contribution in [3.8, 4) is 5.75 Å². The highest BCUT2D eigenvalue weighted by Crippen LogP contribution is 2.17. The lowest BCUT2D eigenvalue weighted by Crippen LogP contribution is -2.58. The molecular weight excluding hydrogens is 304 g/mol. The van der Waals surface area contributed by atoms with Gasteiger partial charge in [-0.1, -0.05) is 11.6 Å². The predicted octanol–water partition coefficient (Wildman–Crippen LogP) is 1.83. The van der Waals surface area contributed by atoms with Gasteiger partial charge in [-0.05, 0) is 24.3 Å². The molecule has 1 fully saturated rings. The van der Waals surface area contributed by atoms with Gasteiger partial charge in [-0.25, -0.2) is 4.98 Å². The maximum Gasteiger partial charge on any atom is 0.260 e. The van der Waals surface area contributed by atoms with Gasteiger partial charge >= 0.3 is 0 Å². The van der Waals surface area contributed by atoms with Crippen molar-refractivity contribution in [3.05, 3.63) is 47.9 Å². The summed E-state index contributed by atoms with van der Waals surface area (Å²) in [5, 5.41) is 3.86. The number of nitrogens with one attached hydrogen (secondary N) is 1. The van der Waals surface area contributed by atoms with Gasteiger partial charge in [-0.3, -0.25) is 9.78 Å². The Morgan fingerprint density at radius 1 is 1.32 bits per heavy atom. The molecule has 2 heterocycles. The third-order valence-corrected chi connectivity index (χ3v) is 3.58. The van der Waals surface area contributed by atoms with Crippen LogP contribution in [0.25, 0.3) is 0 Å². The lowest BCUT2D eigenvalue weighted by atomic mass is 10.1. The Morgan fingerprint density at radius 2 is 2.09 bits per heavy atom. The van der Waals surface area contributed by atoms with Crippen molar-refractivity contribution in [2.24, 2.45) is 0 Å². The van der Waals surface area contributed by atoms with Crippen LogP contribution in [0.2, 0.25) is 5.02 Å². The fourth-order valence-corrected chi connectivity index (χ4v) is 2.25. The molecule has 0 aliphatic carbocycles. The Labute approximate surface area is 133 Å². The minimum absolute atomic E-state index is 0.0273. The van der Waals surface area contributed by atoms with E-state index in [0.29, 0.717) is 23.9 Å². The number of halogens is 1. The number of ether oxygens (including phenoxy) is 1. The molecule has 0 atom stereocenters. The summed E-state index contributed by atoms with van der Waals surface area (Å²) >= 11 is 5.79. The first-order chi connectivity index (χ1) is 10.7. The Bertz CT molecular complexity index is 630. The van der Waals surface area contributed by atoms with Crippen LogP contribution in [-0.2, 0) is 4.79 Å². The van der Waals surface area contributed by atoms with E-state index < -0.39 is 0 Å². The first-order valence-corrected chi connectivity index (χ1v) is 7.27. The summed E-state index contributed by atoms with van der Waals surface area (Å²) in [7, 11) is 0. The number of aromatic nitrogens is 2. The number of hydrogen-bond donors (Lipinski definition) is 1. The quantitative estimate of drug-likeness (QED) is 0.911. The summed E-state index contributed by atoms with van der Waals surface area (Å²) in [5.41, 5.74) is 0. The van der Waals surface area contributed by atoms with Crippen LogP contribution in [0.15, 0.2) is 42.9 Å². The van der Waals surface area contributed by atoms with Gasteiger partial charge in [0.05, 0.1) is 12.2 Å². The molecule has 0 radical (unpaired) electrons. The van der Waals surface area contributed by atoms with E-state index in [9.17, 15) is 4.79 Å². The second-order valence-electron chi connectivity index (χ2n) is 4.97. The molecule has 2 aromatic rings. The summed E-state index contributed by atoms with van der Waals surface area (Å²) < 4.78 is 5.44. The average molecular weight is 319 g/mol. The normalized spacial score (nSPS) is 14.3. The highest BCUT2D eigenvalue weighted by Gasteiger charge is 2.30. The second kappa shape index (κ2) is 6.62. The predicted molar refractivity (Wildman–Crippen MR) is 83.0 cm³/mol. The Kier molecular flexibility index (Phi) is 4.39. The minimum Gasteiger partial charge on any atom is -0.484 e. The van der Waals surface area contributed by atoms with Crippen LogP contribution < -0.4 is 10.1 Å². The second-order valence-corrected chi connectivity index (χ2v) is 5.41. The van der Waals surface area contributed by atoms with E-state index in [0.717, 1.165) is 5.82 Å². The van der Waals surface area contributed by atoms with Gasteiger partial charge in [-0.15, -0.1) is 0 Å². The third-order valence-electron chi connectivity index (χ3n) is 3.33. The summed E-state index contributed by atoms with van der Waals surface area (Å²) in [6.07, 6.45) is 4.91. The molecule has 1 aliphatic rings. The van der Waals surface area contributed by atoms with E-state index in [-0.39, 0.29) is 18.6 Å². The number of likely N-dealkylation sites (tertiary alicyclic amines) is 1. The summed E-state index contributed by atoms with van der Waals surface area (Å²) in [5.74, 6) is 1.32. The number of anilines is 1. The summed E-state index contributed by atoms with van der Waals surface area (Å²) in [4.78, 5) is 21.8. The van der Waals surface area contributed by atoms with Crippen LogP contribution in [-0.4, -0.2) is 46.5 Å². The number of amides is 1. The van der Waals surface area contributed by atoms with Crippen molar-refractivity contribution in [1.29, 1.82) is 0 Å². The lowest BCUT2D eigenvalue weighted by molar-refractivity contribution is -0.137. The molecule has 0 saturated carbocycles. The van der Waals surface area contributed by atoms with Crippen molar-refractivity contribution >= 4 is 23.3 Å². The van der Waals surface area contributed by atoms with Crippen LogP contribution >= 0.6 is 11.6 Å². The van der Waals surface area contributed by atoms with Crippen molar-refractivity contribution < 1.29 is 9.53 Å². The van der Waals surface area contributed by atoms with E-state index in [1.165, 1.54) is 0 Å².